The van der Waals surface area contributed by atoms with Gasteiger partial charge in [-0.15, -0.1) is 0 Å². The van der Waals surface area contributed by atoms with Gasteiger partial charge in [-0.1, -0.05) is 195 Å². The molecule has 1 atom stereocenters. The van der Waals surface area contributed by atoms with Crippen LogP contribution in [0, 0.1) is 0 Å². The SMILES string of the molecule is CC1(c2ccc3ccc4c5ccccc5ccc4c3c2)C=CC(N(c2ccc(-c3ccc(-c4ccccc4)cc3)cc2)c2ccccc2-c2ccccc2)=CC1. The van der Waals surface area contributed by atoms with E-state index in [2.05, 4.69) is 230 Å². The molecule has 1 aliphatic carbocycles. The number of hydrogen-bond acceptors (Lipinski definition) is 1. The number of fused-ring (bicyclic) bond motifs is 5. The summed E-state index contributed by atoms with van der Waals surface area (Å²) in [5.74, 6) is 0. The van der Waals surface area contributed by atoms with E-state index in [1.54, 1.807) is 0 Å². The summed E-state index contributed by atoms with van der Waals surface area (Å²) in [7, 11) is 0. The lowest BCUT2D eigenvalue weighted by Gasteiger charge is -2.34. The average Bonchev–Trinajstić information content (AvgIpc) is 3.28. The molecule has 56 heavy (non-hydrogen) atoms. The molecule has 0 saturated heterocycles. The zero-order chi connectivity index (χ0) is 37.5. The van der Waals surface area contributed by atoms with E-state index in [0.29, 0.717) is 0 Å². The quantitative estimate of drug-likeness (QED) is 0.149. The second-order valence-corrected chi connectivity index (χ2v) is 15.2. The third-order valence-corrected chi connectivity index (χ3v) is 11.7. The number of para-hydroxylation sites is 1. The zero-order valence-electron chi connectivity index (χ0n) is 31.4. The van der Waals surface area contributed by atoms with Gasteiger partial charge in [0.15, 0.2) is 0 Å². The van der Waals surface area contributed by atoms with Crippen LogP contribution in [0.4, 0.5) is 11.4 Å². The largest absolute Gasteiger partial charge is 0.310 e. The third kappa shape index (κ3) is 6.08. The lowest BCUT2D eigenvalue weighted by atomic mass is 9.76. The van der Waals surface area contributed by atoms with Gasteiger partial charge in [-0.3, -0.25) is 0 Å². The van der Waals surface area contributed by atoms with Crippen LogP contribution in [0.3, 0.4) is 0 Å². The Bertz CT molecular complexity index is 2920. The van der Waals surface area contributed by atoms with E-state index in [1.807, 2.05) is 0 Å². The smallest absolute Gasteiger partial charge is 0.0539 e. The van der Waals surface area contributed by atoms with Crippen LogP contribution in [0.1, 0.15) is 18.9 Å². The molecular weight excluding hydrogens is 675 g/mol. The van der Waals surface area contributed by atoms with Crippen molar-refractivity contribution < 1.29 is 0 Å². The monoisotopic (exact) mass is 715 g/mol. The number of hydrogen-bond donors (Lipinski definition) is 0. The van der Waals surface area contributed by atoms with Crippen LogP contribution in [0.15, 0.2) is 224 Å². The summed E-state index contributed by atoms with van der Waals surface area (Å²) >= 11 is 0. The summed E-state index contributed by atoms with van der Waals surface area (Å²) in [4.78, 5) is 2.43. The molecule has 0 spiro atoms. The molecule has 9 aromatic carbocycles. The van der Waals surface area contributed by atoms with Gasteiger partial charge >= 0.3 is 0 Å². The first-order chi connectivity index (χ1) is 27.6. The predicted octanol–water partition coefficient (Wildman–Crippen LogP) is 15.1. The molecule has 1 heteroatoms. The number of benzene rings is 9. The summed E-state index contributed by atoms with van der Waals surface area (Å²) in [6.45, 7) is 2.37. The molecule has 0 fully saturated rings. The molecule has 0 aromatic heterocycles. The van der Waals surface area contributed by atoms with Crippen molar-refractivity contribution in [3.63, 3.8) is 0 Å². The second-order valence-electron chi connectivity index (χ2n) is 15.2. The Morgan fingerprint density at radius 3 is 1.64 bits per heavy atom. The van der Waals surface area contributed by atoms with E-state index >= 15 is 0 Å². The maximum absolute atomic E-state index is 2.43. The van der Waals surface area contributed by atoms with Crippen LogP contribution in [-0.2, 0) is 5.41 Å². The highest BCUT2D eigenvalue weighted by Gasteiger charge is 2.28. The fourth-order valence-electron chi connectivity index (χ4n) is 8.52. The van der Waals surface area contributed by atoms with E-state index < -0.39 is 0 Å². The van der Waals surface area contributed by atoms with Crippen molar-refractivity contribution in [3.05, 3.63) is 230 Å². The molecule has 0 N–H and O–H groups in total. The maximum Gasteiger partial charge on any atom is 0.0539 e. The molecule has 0 radical (unpaired) electrons. The highest BCUT2D eigenvalue weighted by atomic mass is 15.1. The average molecular weight is 716 g/mol. The van der Waals surface area contributed by atoms with E-state index in [9.17, 15) is 0 Å². The molecule has 10 rings (SSSR count). The van der Waals surface area contributed by atoms with Crippen molar-refractivity contribution >= 4 is 43.7 Å². The zero-order valence-corrected chi connectivity index (χ0v) is 31.4. The standard InChI is InChI=1S/C55H41N/c1-55(46-29-24-45-28-32-51-49-17-9-8-16-44(49)27-33-52(51)53(45)38-46)36-34-48(35-37-55)56(54-19-11-10-18-50(54)43-14-6-3-7-15-43)47-30-25-42(26-31-47)41-22-20-40(21-23-41)39-12-4-2-5-13-39/h2-36,38H,37H2,1H3. The summed E-state index contributed by atoms with van der Waals surface area (Å²) in [5, 5.41) is 7.78. The third-order valence-electron chi connectivity index (χ3n) is 11.7. The Labute approximate surface area is 329 Å². The van der Waals surface area contributed by atoms with Crippen molar-refractivity contribution in [2.45, 2.75) is 18.8 Å². The van der Waals surface area contributed by atoms with Crippen LogP contribution < -0.4 is 4.90 Å². The summed E-state index contributed by atoms with van der Waals surface area (Å²) in [6.07, 6.45) is 8.07. The summed E-state index contributed by atoms with van der Waals surface area (Å²) < 4.78 is 0. The van der Waals surface area contributed by atoms with Gasteiger partial charge in [-0.2, -0.15) is 0 Å². The Morgan fingerprint density at radius 1 is 0.429 bits per heavy atom. The van der Waals surface area contributed by atoms with Crippen molar-refractivity contribution in [1.82, 2.24) is 0 Å². The van der Waals surface area contributed by atoms with Crippen molar-refractivity contribution in [3.8, 4) is 33.4 Å². The molecular formula is C55H41N. The number of anilines is 2. The minimum absolute atomic E-state index is 0.156. The highest BCUT2D eigenvalue weighted by Crippen LogP contribution is 2.43. The lowest BCUT2D eigenvalue weighted by Crippen LogP contribution is -2.24. The van der Waals surface area contributed by atoms with Crippen LogP contribution in [-0.4, -0.2) is 0 Å². The van der Waals surface area contributed by atoms with E-state index in [4.69, 9.17) is 0 Å². The fraction of sp³-hybridized carbons (Fsp3) is 0.0545. The lowest BCUT2D eigenvalue weighted by molar-refractivity contribution is 0.596. The molecule has 1 aliphatic rings. The van der Waals surface area contributed by atoms with E-state index in [1.165, 1.54) is 77.0 Å². The van der Waals surface area contributed by atoms with Gasteiger partial charge in [0.2, 0.25) is 0 Å². The predicted molar refractivity (Wildman–Crippen MR) is 239 cm³/mol. The van der Waals surface area contributed by atoms with Crippen LogP contribution in [0.5, 0.6) is 0 Å². The molecule has 0 amide bonds. The molecule has 266 valence electrons. The number of allylic oxidation sites excluding steroid dienone is 3. The van der Waals surface area contributed by atoms with Gasteiger partial charge in [0.05, 0.1) is 5.69 Å². The molecule has 1 unspecified atom stereocenters. The first kappa shape index (κ1) is 33.6. The van der Waals surface area contributed by atoms with Crippen molar-refractivity contribution in [1.29, 1.82) is 0 Å². The maximum atomic E-state index is 2.43. The molecule has 0 bridgehead atoms. The normalized spacial score (nSPS) is 15.3. The van der Waals surface area contributed by atoms with Gasteiger partial charge in [0.25, 0.3) is 0 Å². The second kappa shape index (κ2) is 14.0. The topological polar surface area (TPSA) is 3.24 Å². The Balaban J connectivity index is 1.02. The number of rotatable bonds is 7. The van der Waals surface area contributed by atoms with Gasteiger partial charge in [-0.05, 0) is 102 Å². The van der Waals surface area contributed by atoms with Gasteiger partial charge in [0.1, 0.15) is 0 Å². The summed E-state index contributed by atoms with van der Waals surface area (Å²) in [5.41, 5.74) is 11.9. The number of nitrogens with zero attached hydrogens (tertiary/aromatic N) is 1. The minimum Gasteiger partial charge on any atom is -0.310 e. The molecule has 0 saturated carbocycles. The van der Waals surface area contributed by atoms with Crippen molar-refractivity contribution in [2.24, 2.45) is 0 Å². The van der Waals surface area contributed by atoms with Gasteiger partial charge in [0, 0.05) is 22.4 Å². The first-order valence-corrected chi connectivity index (χ1v) is 19.6. The molecule has 0 heterocycles. The minimum atomic E-state index is -0.156. The summed E-state index contributed by atoms with van der Waals surface area (Å²) in [6, 6.07) is 72.9. The van der Waals surface area contributed by atoms with Crippen LogP contribution >= 0.6 is 0 Å². The molecule has 0 aliphatic heterocycles. The Kier molecular flexibility index (Phi) is 8.42. The molecule has 9 aromatic rings. The molecule has 1 nitrogen and oxygen atoms in total. The fourth-order valence-corrected chi connectivity index (χ4v) is 8.52. The van der Waals surface area contributed by atoms with Gasteiger partial charge < -0.3 is 4.90 Å². The Hall–Kier alpha value is -6.96. The van der Waals surface area contributed by atoms with Crippen molar-refractivity contribution in [2.75, 3.05) is 4.90 Å². The van der Waals surface area contributed by atoms with E-state index in [-0.39, 0.29) is 5.41 Å². The van der Waals surface area contributed by atoms with Crippen LogP contribution in [0.2, 0.25) is 0 Å². The van der Waals surface area contributed by atoms with E-state index in [0.717, 1.165) is 17.8 Å². The van der Waals surface area contributed by atoms with Crippen LogP contribution in [0.25, 0.3) is 65.7 Å². The van der Waals surface area contributed by atoms with Gasteiger partial charge in [-0.25, -0.2) is 0 Å². The highest BCUT2D eigenvalue weighted by molar-refractivity contribution is 6.17. The first-order valence-electron chi connectivity index (χ1n) is 19.6. The Morgan fingerprint density at radius 2 is 0.964 bits per heavy atom.